The van der Waals surface area contributed by atoms with Gasteiger partial charge in [0.05, 0.1) is 22.3 Å². The van der Waals surface area contributed by atoms with Crippen molar-refractivity contribution in [3.8, 4) is 0 Å². The summed E-state index contributed by atoms with van der Waals surface area (Å²) in [7, 11) is -7.16. The van der Waals surface area contributed by atoms with Gasteiger partial charge in [-0.15, -0.1) is 0 Å². The van der Waals surface area contributed by atoms with E-state index >= 15 is 0 Å². The Balaban J connectivity index is 1.41. The van der Waals surface area contributed by atoms with Gasteiger partial charge in [0.1, 0.15) is 0 Å². The molecule has 0 amide bonds. The highest BCUT2D eigenvalue weighted by molar-refractivity contribution is 7.89. The molecular weight excluding hydrogens is 572 g/mol. The zero-order valence-electron chi connectivity index (χ0n) is 25.5. The number of benzene rings is 1. The van der Waals surface area contributed by atoms with Crippen molar-refractivity contribution in [3.63, 3.8) is 0 Å². The quantitative estimate of drug-likeness (QED) is 0.377. The minimum Gasteiger partial charge on any atom is -0.294 e. The number of carbonyl (C=O) groups excluding carboxylic acids is 2. The van der Waals surface area contributed by atoms with E-state index in [1.54, 1.807) is 13.8 Å². The summed E-state index contributed by atoms with van der Waals surface area (Å²) in [6, 6.07) is 7.67. The van der Waals surface area contributed by atoms with Gasteiger partial charge >= 0.3 is 0 Å². The van der Waals surface area contributed by atoms with Crippen LogP contribution in [0.2, 0.25) is 0 Å². The molecule has 5 rings (SSSR count). The van der Waals surface area contributed by atoms with Crippen LogP contribution in [0.5, 0.6) is 0 Å². The number of ketones is 2. The van der Waals surface area contributed by atoms with E-state index in [-0.39, 0.29) is 34.9 Å². The summed E-state index contributed by atoms with van der Waals surface area (Å²) < 4.78 is 56.0. The Bertz CT molecular complexity index is 1470. The molecule has 230 valence electrons. The molecule has 4 fully saturated rings. The fourth-order valence-electron chi connectivity index (χ4n) is 8.80. The zero-order valence-corrected chi connectivity index (χ0v) is 27.2. The molecule has 0 spiro atoms. The van der Waals surface area contributed by atoms with Crippen LogP contribution < -0.4 is 9.44 Å². The maximum absolute atomic E-state index is 13.8. The number of Topliss-reactive ketones (excluding diaryl/α,β-unsaturated/α-hetero) is 2. The first-order chi connectivity index (χ1) is 19.5. The van der Waals surface area contributed by atoms with Crippen LogP contribution in [0.4, 0.5) is 0 Å². The van der Waals surface area contributed by atoms with Gasteiger partial charge in [-0.25, -0.2) is 26.3 Å². The Hall–Kier alpha value is -2.14. The lowest BCUT2D eigenvalue weighted by molar-refractivity contribution is -0.125. The third-order valence-electron chi connectivity index (χ3n) is 11.3. The van der Waals surface area contributed by atoms with Gasteiger partial charge in [0, 0.05) is 24.2 Å². The van der Waals surface area contributed by atoms with E-state index in [0.29, 0.717) is 37.1 Å². The molecule has 0 heterocycles. The van der Waals surface area contributed by atoms with Gasteiger partial charge in [0.15, 0.2) is 11.6 Å². The monoisotopic (exact) mass is 616 g/mol. The van der Waals surface area contributed by atoms with E-state index in [1.165, 1.54) is 0 Å². The summed E-state index contributed by atoms with van der Waals surface area (Å²) >= 11 is 0. The first-order valence-corrected chi connectivity index (χ1v) is 18.3. The summed E-state index contributed by atoms with van der Waals surface area (Å²) in [5.41, 5.74) is 0.292. The van der Waals surface area contributed by atoms with Gasteiger partial charge in [-0.2, -0.15) is 0 Å². The molecule has 0 aromatic heterocycles. The van der Waals surface area contributed by atoms with Crippen molar-refractivity contribution in [1.29, 1.82) is 0 Å². The largest absolute Gasteiger partial charge is 0.294 e. The van der Waals surface area contributed by atoms with E-state index in [2.05, 4.69) is 9.44 Å². The topological polar surface area (TPSA) is 126 Å². The molecule has 10 heteroatoms. The maximum atomic E-state index is 13.8. The van der Waals surface area contributed by atoms with Crippen LogP contribution >= 0.6 is 0 Å². The number of hydrogen-bond donors (Lipinski definition) is 2. The van der Waals surface area contributed by atoms with Crippen LogP contribution in [0.3, 0.4) is 0 Å². The van der Waals surface area contributed by atoms with Gasteiger partial charge in [0.25, 0.3) is 0 Å². The molecule has 4 atom stereocenters. The molecule has 1 aromatic rings. The number of carbonyl (C=O) groups is 2. The number of nitrogens with one attached hydrogen (secondary N) is 2. The first kappa shape index (κ1) is 31.3. The second-order valence-corrected chi connectivity index (χ2v) is 17.4. The summed E-state index contributed by atoms with van der Waals surface area (Å²) in [4.78, 5) is 27.5. The molecule has 4 unspecified atom stereocenters. The Kier molecular flexibility index (Phi) is 7.61. The molecule has 4 aliphatic carbocycles. The SMILES string of the molecule is CCNS(=O)(=O)CC12CCC(/C(=C\c3ccc(/C=C4/C(=O)C5(CS(=O)(=O)NCC)CCC4C5(C)C)cc3)C1=O)C2(C)C. The lowest BCUT2D eigenvalue weighted by Gasteiger charge is -2.35. The zero-order chi connectivity index (χ0) is 30.9. The lowest BCUT2D eigenvalue weighted by Crippen LogP contribution is -2.45. The minimum atomic E-state index is -3.58. The standard InChI is InChI=1S/C32H44N2O6S2/c1-7-33-41(37,38)19-31-15-13-25(29(31,3)4)23(27(31)35)17-21-9-11-22(12-10-21)18-24-26-14-16-32(28(24)36,30(26,5)6)20-42(39,40)34-8-2/h9-12,17-18,25-26,33-34H,7-8,13-16,19-20H2,1-6H3/b23-17+,24-18+. The van der Waals surface area contributed by atoms with Crippen molar-refractivity contribution in [1.82, 2.24) is 9.44 Å². The van der Waals surface area contributed by atoms with Crippen LogP contribution in [0, 0.1) is 33.5 Å². The second kappa shape index (κ2) is 10.2. The van der Waals surface area contributed by atoms with Crippen LogP contribution in [-0.2, 0) is 29.6 Å². The fraction of sp³-hybridized carbons (Fsp3) is 0.625. The third kappa shape index (κ3) is 4.59. The predicted octanol–water partition coefficient (Wildman–Crippen LogP) is 4.34. The molecule has 2 N–H and O–H groups in total. The molecule has 4 saturated carbocycles. The molecule has 0 aliphatic heterocycles. The highest BCUT2D eigenvalue weighted by atomic mass is 32.2. The third-order valence-corrected chi connectivity index (χ3v) is 14.5. The smallest absolute Gasteiger partial charge is 0.212 e. The van der Waals surface area contributed by atoms with Crippen molar-refractivity contribution in [2.45, 2.75) is 67.2 Å². The van der Waals surface area contributed by atoms with Crippen molar-refractivity contribution in [2.24, 2.45) is 33.5 Å². The number of hydrogen-bond acceptors (Lipinski definition) is 6. The molecular formula is C32H44N2O6S2. The Morgan fingerprint density at radius 1 is 0.690 bits per heavy atom. The van der Waals surface area contributed by atoms with Gasteiger partial charge in [0.2, 0.25) is 20.0 Å². The van der Waals surface area contributed by atoms with Crippen LogP contribution in [0.1, 0.15) is 78.4 Å². The summed E-state index contributed by atoms with van der Waals surface area (Å²) in [5.74, 6) is -0.529. The molecule has 8 nitrogen and oxygen atoms in total. The van der Waals surface area contributed by atoms with Gasteiger partial charge in [-0.05, 0) is 71.6 Å². The molecule has 4 bridgehead atoms. The van der Waals surface area contributed by atoms with E-state index in [1.807, 2.05) is 64.1 Å². The molecule has 42 heavy (non-hydrogen) atoms. The van der Waals surface area contributed by atoms with Gasteiger partial charge < -0.3 is 0 Å². The number of allylic oxidation sites excluding steroid dienone is 2. The van der Waals surface area contributed by atoms with Crippen molar-refractivity contribution >= 4 is 43.8 Å². The summed E-state index contributed by atoms with van der Waals surface area (Å²) in [6.07, 6.45) is 6.50. The van der Waals surface area contributed by atoms with Crippen LogP contribution in [0.25, 0.3) is 12.2 Å². The van der Waals surface area contributed by atoms with Crippen LogP contribution in [0.15, 0.2) is 35.4 Å². The molecule has 1 aromatic carbocycles. The van der Waals surface area contributed by atoms with E-state index in [9.17, 15) is 26.4 Å². The highest BCUT2D eigenvalue weighted by Crippen LogP contribution is 2.67. The van der Waals surface area contributed by atoms with Crippen molar-refractivity contribution in [2.75, 3.05) is 24.6 Å². The average molecular weight is 617 g/mol. The lowest BCUT2D eigenvalue weighted by atomic mass is 9.70. The maximum Gasteiger partial charge on any atom is 0.212 e. The molecule has 0 radical (unpaired) electrons. The van der Waals surface area contributed by atoms with Crippen LogP contribution in [-0.4, -0.2) is 53.0 Å². The Morgan fingerprint density at radius 3 is 1.33 bits per heavy atom. The van der Waals surface area contributed by atoms with E-state index < -0.39 is 41.7 Å². The minimum absolute atomic E-state index is 0.00724. The average Bonchev–Trinajstić information content (AvgIpc) is 3.38. The van der Waals surface area contributed by atoms with E-state index in [4.69, 9.17) is 0 Å². The normalized spacial score (nSPS) is 33.4. The summed E-state index contributed by atoms with van der Waals surface area (Å²) in [5, 5.41) is 0. The number of sulfonamides is 2. The Labute approximate surface area is 250 Å². The fourth-order valence-corrected chi connectivity index (χ4v) is 12.5. The second-order valence-electron chi connectivity index (χ2n) is 13.8. The highest BCUT2D eigenvalue weighted by Gasteiger charge is 2.68. The predicted molar refractivity (Wildman–Crippen MR) is 165 cm³/mol. The summed E-state index contributed by atoms with van der Waals surface area (Å²) in [6.45, 7) is 12.1. The molecule has 4 aliphatic rings. The van der Waals surface area contributed by atoms with E-state index in [0.717, 1.165) is 24.0 Å². The van der Waals surface area contributed by atoms with Crippen molar-refractivity contribution in [3.05, 3.63) is 46.5 Å². The first-order valence-electron chi connectivity index (χ1n) is 15.0. The Morgan fingerprint density at radius 2 is 1.02 bits per heavy atom. The van der Waals surface area contributed by atoms with Gasteiger partial charge in [-0.1, -0.05) is 65.8 Å². The number of rotatable bonds is 10. The molecule has 0 saturated heterocycles. The number of fused-ring (bicyclic) bond motifs is 4. The van der Waals surface area contributed by atoms with Gasteiger partial charge in [-0.3, -0.25) is 9.59 Å². The van der Waals surface area contributed by atoms with Crippen molar-refractivity contribution < 1.29 is 26.4 Å².